The first-order valence-corrected chi connectivity index (χ1v) is 9.26. The lowest BCUT2D eigenvalue weighted by atomic mass is 9.92. The number of rotatable bonds is 3. The number of carbonyl (C=O) groups excluding carboxylic acids is 1. The normalized spacial score (nSPS) is 21.2. The summed E-state index contributed by atoms with van der Waals surface area (Å²) in [6.07, 6.45) is 2.96. The van der Waals surface area contributed by atoms with Gasteiger partial charge in [0.25, 0.3) is 15.0 Å². The third-order valence-electron chi connectivity index (χ3n) is 4.02. The summed E-state index contributed by atoms with van der Waals surface area (Å²) >= 11 is 0. The van der Waals surface area contributed by atoms with Gasteiger partial charge in [0.05, 0.1) is 4.90 Å². The molecule has 1 N–H and O–H groups in total. The molecule has 2 rings (SSSR count). The van der Waals surface area contributed by atoms with Crippen LogP contribution in [0.15, 0.2) is 23.1 Å². The van der Waals surface area contributed by atoms with Gasteiger partial charge in [-0.1, -0.05) is 19.9 Å². The summed E-state index contributed by atoms with van der Waals surface area (Å²) in [7, 11) is 1.55. The molecule has 1 amide bonds. The highest BCUT2D eigenvalue weighted by Gasteiger charge is 2.31. The Kier molecular flexibility index (Phi) is 4.36. The van der Waals surface area contributed by atoms with Crippen molar-refractivity contribution in [3.63, 3.8) is 0 Å². The summed E-state index contributed by atoms with van der Waals surface area (Å²) in [5, 5.41) is 2.97. The molecule has 0 saturated heterocycles. The molecule has 0 aromatic heterocycles. The van der Waals surface area contributed by atoms with Gasteiger partial charge in [-0.25, -0.2) is 8.42 Å². The van der Waals surface area contributed by atoms with E-state index in [4.69, 9.17) is 10.7 Å². The van der Waals surface area contributed by atoms with Gasteiger partial charge in [-0.15, -0.1) is 0 Å². The second kappa shape index (κ2) is 5.61. The van der Waals surface area contributed by atoms with Gasteiger partial charge in [-0.3, -0.25) is 4.79 Å². The maximum Gasteiger partial charge on any atom is 0.261 e. The van der Waals surface area contributed by atoms with Crippen molar-refractivity contribution in [3.8, 4) is 0 Å². The Labute approximate surface area is 130 Å². The summed E-state index contributed by atoms with van der Waals surface area (Å²) < 4.78 is 23.0. The molecule has 0 bridgehead atoms. The predicted molar refractivity (Wildman–Crippen MR) is 83.1 cm³/mol. The number of hydrogen-bond acceptors (Lipinski definition) is 3. The number of carbonyl (C=O) groups is 1. The molecule has 6 heteroatoms. The quantitative estimate of drug-likeness (QED) is 0.866. The highest BCUT2D eigenvalue weighted by molar-refractivity contribution is 8.13. The van der Waals surface area contributed by atoms with Crippen LogP contribution in [0, 0.1) is 12.3 Å². The van der Waals surface area contributed by atoms with Crippen LogP contribution >= 0.6 is 10.7 Å². The third kappa shape index (κ3) is 3.98. The van der Waals surface area contributed by atoms with E-state index in [1.165, 1.54) is 6.07 Å². The summed E-state index contributed by atoms with van der Waals surface area (Å²) in [5.41, 5.74) is 1.10. The van der Waals surface area contributed by atoms with Gasteiger partial charge in [0.15, 0.2) is 0 Å². The number of hydrogen-bond donors (Lipinski definition) is 1. The SMILES string of the molecule is Cc1ccc(C(=O)NC2CCC(C)(C)C2)cc1S(=O)(=O)Cl. The first-order chi connectivity index (χ1) is 9.58. The lowest BCUT2D eigenvalue weighted by Crippen LogP contribution is -2.33. The van der Waals surface area contributed by atoms with Crippen molar-refractivity contribution in [1.82, 2.24) is 5.32 Å². The molecule has 1 aromatic rings. The summed E-state index contributed by atoms with van der Waals surface area (Å²) in [5.74, 6) is -0.251. The van der Waals surface area contributed by atoms with Crippen molar-refractivity contribution in [2.45, 2.75) is 51.0 Å². The largest absolute Gasteiger partial charge is 0.349 e. The van der Waals surface area contributed by atoms with Crippen LogP contribution in [0.4, 0.5) is 0 Å². The second-order valence-corrected chi connectivity index (χ2v) is 9.03. The fourth-order valence-corrected chi connectivity index (χ4v) is 4.05. The molecule has 4 nitrogen and oxygen atoms in total. The Morgan fingerprint density at radius 3 is 2.57 bits per heavy atom. The van der Waals surface area contributed by atoms with Crippen LogP contribution in [0.3, 0.4) is 0 Å². The minimum atomic E-state index is -3.84. The average Bonchev–Trinajstić information content (AvgIpc) is 2.67. The van der Waals surface area contributed by atoms with Crippen LogP contribution in [-0.2, 0) is 9.05 Å². The van der Waals surface area contributed by atoms with Gasteiger partial charge in [0, 0.05) is 22.3 Å². The molecular formula is C15H20ClNO3S. The molecule has 0 heterocycles. The Bertz CT molecular complexity index is 667. The summed E-state index contributed by atoms with van der Waals surface area (Å²) in [6, 6.07) is 4.71. The monoisotopic (exact) mass is 329 g/mol. The van der Waals surface area contributed by atoms with Crippen molar-refractivity contribution in [2.24, 2.45) is 5.41 Å². The molecule has 0 radical (unpaired) electrons. The van der Waals surface area contributed by atoms with Crippen molar-refractivity contribution >= 4 is 25.6 Å². The summed E-state index contributed by atoms with van der Waals surface area (Å²) in [4.78, 5) is 12.2. The Hall–Kier alpha value is -1.07. The number of amides is 1. The lowest BCUT2D eigenvalue weighted by Gasteiger charge is -2.18. The van der Waals surface area contributed by atoms with Gasteiger partial charge in [0.1, 0.15) is 0 Å². The fourth-order valence-electron chi connectivity index (χ4n) is 2.83. The van der Waals surface area contributed by atoms with E-state index in [9.17, 15) is 13.2 Å². The zero-order valence-electron chi connectivity index (χ0n) is 12.4. The third-order valence-corrected chi connectivity index (χ3v) is 5.48. The van der Waals surface area contributed by atoms with E-state index in [0.717, 1.165) is 19.3 Å². The van der Waals surface area contributed by atoms with E-state index >= 15 is 0 Å². The van der Waals surface area contributed by atoms with E-state index in [-0.39, 0.29) is 22.3 Å². The van der Waals surface area contributed by atoms with E-state index in [0.29, 0.717) is 11.1 Å². The van der Waals surface area contributed by atoms with Crippen LogP contribution in [0.5, 0.6) is 0 Å². The van der Waals surface area contributed by atoms with Crippen LogP contribution < -0.4 is 5.32 Å². The Morgan fingerprint density at radius 2 is 2.05 bits per heavy atom. The first kappa shape index (κ1) is 16.3. The maximum absolute atomic E-state index is 12.3. The second-order valence-electron chi connectivity index (χ2n) is 6.50. The first-order valence-electron chi connectivity index (χ1n) is 6.95. The van der Waals surface area contributed by atoms with E-state index in [2.05, 4.69) is 19.2 Å². The molecule has 21 heavy (non-hydrogen) atoms. The topological polar surface area (TPSA) is 63.2 Å². The predicted octanol–water partition coefficient (Wildman–Crippen LogP) is 3.23. The number of halogens is 1. The van der Waals surface area contributed by atoms with Gasteiger partial charge in [-0.05, 0) is 49.3 Å². The van der Waals surface area contributed by atoms with Crippen molar-refractivity contribution in [2.75, 3.05) is 0 Å². The molecule has 1 atom stereocenters. The molecule has 0 aliphatic heterocycles. The molecule has 0 spiro atoms. The molecule has 1 aliphatic carbocycles. The Balaban J connectivity index is 2.17. The van der Waals surface area contributed by atoms with Gasteiger partial charge >= 0.3 is 0 Å². The molecule has 1 aliphatic rings. The lowest BCUT2D eigenvalue weighted by molar-refractivity contribution is 0.0936. The van der Waals surface area contributed by atoms with E-state index in [1.54, 1.807) is 19.1 Å². The highest BCUT2D eigenvalue weighted by Crippen LogP contribution is 2.37. The van der Waals surface area contributed by atoms with E-state index in [1.807, 2.05) is 0 Å². The van der Waals surface area contributed by atoms with Crippen molar-refractivity contribution in [3.05, 3.63) is 29.3 Å². The summed E-state index contributed by atoms with van der Waals surface area (Å²) in [6.45, 7) is 6.02. The van der Waals surface area contributed by atoms with Gasteiger partial charge < -0.3 is 5.32 Å². The number of benzene rings is 1. The maximum atomic E-state index is 12.3. The molecule has 1 fully saturated rings. The van der Waals surface area contributed by atoms with E-state index < -0.39 is 9.05 Å². The van der Waals surface area contributed by atoms with Crippen LogP contribution in [0.2, 0.25) is 0 Å². The highest BCUT2D eigenvalue weighted by atomic mass is 35.7. The zero-order valence-corrected chi connectivity index (χ0v) is 14.0. The van der Waals surface area contributed by atoms with Crippen LogP contribution in [0.1, 0.15) is 49.0 Å². The minimum Gasteiger partial charge on any atom is -0.349 e. The molecule has 1 saturated carbocycles. The molecule has 1 unspecified atom stereocenters. The van der Waals surface area contributed by atoms with Gasteiger partial charge in [-0.2, -0.15) is 0 Å². The van der Waals surface area contributed by atoms with Crippen LogP contribution in [-0.4, -0.2) is 20.4 Å². The van der Waals surface area contributed by atoms with Crippen LogP contribution in [0.25, 0.3) is 0 Å². The van der Waals surface area contributed by atoms with Crippen molar-refractivity contribution < 1.29 is 13.2 Å². The number of nitrogens with one attached hydrogen (secondary N) is 1. The number of aryl methyl sites for hydroxylation is 1. The van der Waals surface area contributed by atoms with Crippen molar-refractivity contribution in [1.29, 1.82) is 0 Å². The average molecular weight is 330 g/mol. The zero-order chi connectivity index (χ0) is 15.8. The molecular weight excluding hydrogens is 310 g/mol. The molecule has 1 aromatic carbocycles. The van der Waals surface area contributed by atoms with Gasteiger partial charge in [0.2, 0.25) is 0 Å². The standard InChI is InChI=1S/C15H20ClNO3S/c1-10-4-5-11(8-13(10)21(16,19)20)14(18)17-12-6-7-15(2,3)9-12/h4-5,8,12H,6-7,9H2,1-3H3,(H,17,18). The smallest absolute Gasteiger partial charge is 0.261 e. The molecule has 116 valence electrons. The fraction of sp³-hybridized carbons (Fsp3) is 0.533. The Morgan fingerprint density at radius 1 is 1.38 bits per heavy atom. The minimum absolute atomic E-state index is 0.0106.